The van der Waals surface area contributed by atoms with E-state index in [9.17, 15) is 5.11 Å². The number of hydrogen-bond donors (Lipinski definition) is 1. The lowest BCUT2D eigenvalue weighted by molar-refractivity contribution is -0.251. The van der Waals surface area contributed by atoms with Gasteiger partial charge in [0, 0.05) is 19.6 Å². The van der Waals surface area contributed by atoms with Crippen LogP contribution in [0.3, 0.4) is 0 Å². The molecule has 7 nitrogen and oxygen atoms in total. The van der Waals surface area contributed by atoms with Gasteiger partial charge in [-0.15, -0.1) is 0 Å². The molecule has 1 fully saturated rings. The van der Waals surface area contributed by atoms with E-state index in [1.54, 1.807) is 7.11 Å². The largest absolute Gasteiger partial charge is 0.461 e. The van der Waals surface area contributed by atoms with Gasteiger partial charge in [-0.3, -0.25) is 0 Å². The van der Waals surface area contributed by atoms with Crippen LogP contribution in [0.5, 0.6) is 17.2 Å². The van der Waals surface area contributed by atoms with Gasteiger partial charge in [-0.2, -0.15) is 0 Å². The van der Waals surface area contributed by atoms with Gasteiger partial charge >= 0.3 is 0 Å². The first-order valence-electron chi connectivity index (χ1n) is 10.1. The molecule has 2 aliphatic rings. The van der Waals surface area contributed by atoms with Crippen molar-refractivity contribution in [3.63, 3.8) is 0 Å². The van der Waals surface area contributed by atoms with Crippen LogP contribution < -0.4 is 14.2 Å². The van der Waals surface area contributed by atoms with E-state index in [4.69, 9.17) is 28.4 Å². The molecule has 162 valence electrons. The van der Waals surface area contributed by atoms with Crippen molar-refractivity contribution in [2.24, 2.45) is 0 Å². The predicted molar refractivity (Wildman–Crippen MR) is 113 cm³/mol. The van der Waals surface area contributed by atoms with Crippen LogP contribution in [-0.4, -0.2) is 57.3 Å². The second-order valence-electron chi connectivity index (χ2n) is 7.51. The molecule has 2 aliphatic heterocycles. The molecule has 0 aliphatic carbocycles. The summed E-state index contributed by atoms with van der Waals surface area (Å²) in [6.45, 7) is 0.506. The Hall–Kier alpha value is -2.84. The number of fused-ring (bicyclic) bond motifs is 2. The van der Waals surface area contributed by atoms with E-state index < -0.39 is 18.5 Å². The number of aliphatic hydroxyl groups excluding tert-OH is 1. The fourth-order valence-corrected chi connectivity index (χ4v) is 4.17. The maximum atomic E-state index is 10.7. The predicted octanol–water partition coefficient (Wildman–Crippen LogP) is 3.36. The maximum Gasteiger partial charge on any atom is 0.231 e. The molecule has 5 rings (SSSR count). The van der Waals surface area contributed by atoms with Gasteiger partial charge in [-0.05, 0) is 34.7 Å². The third-order valence-electron chi connectivity index (χ3n) is 5.79. The van der Waals surface area contributed by atoms with Crippen LogP contribution >= 0.6 is 0 Å². The minimum atomic E-state index is -0.990. The zero-order chi connectivity index (χ0) is 21.4. The van der Waals surface area contributed by atoms with Crippen molar-refractivity contribution in [3.8, 4) is 28.4 Å². The summed E-state index contributed by atoms with van der Waals surface area (Å²) in [7, 11) is 3.11. The second-order valence-corrected chi connectivity index (χ2v) is 7.51. The summed E-state index contributed by atoms with van der Waals surface area (Å²) in [4.78, 5) is 0. The van der Waals surface area contributed by atoms with Crippen molar-refractivity contribution < 1.29 is 33.5 Å². The molecule has 0 aromatic heterocycles. The van der Waals surface area contributed by atoms with Gasteiger partial charge in [-0.25, -0.2) is 0 Å². The highest BCUT2D eigenvalue weighted by atomic mass is 16.7. The molecule has 3 aromatic rings. The van der Waals surface area contributed by atoms with E-state index in [1.807, 2.05) is 54.6 Å². The molecule has 31 heavy (non-hydrogen) atoms. The van der Waals surface area contributed by atoms with E-state index in [-0.39, 0.29) is 19.5 Å². The number of benzene rings is 3. The molecule has 0 radical (unpaired) electrons. The Kier molecular flexibility index (Phi) is 5.41. The molecule has 0 amide bonds. The summed E-state index contributed by atoms with van der Waals surface area (Å²) < 4.78 is 33.6. The third-order valence-corrected chi connectivity index (χ3v) is 5.79. The zero-order valence-electron chi connectivity index (χ0n) is 17.3. The Labute approximate surface area is 180 Å². The van der Waals surface area contributed by atoms with E-state index in [0.29, 0.717) is 5.75 Å². The van der Waals surface area contributed by atoms with Crippen molar-refractivity contribution in [3.05, 3.63) is 54.6 Å². The first-order valence-corrected chi connectivity index (χ1v) is 10.1. The maximum absolute atomic E-state index is 10.7. The fraction of sp³-hybridized carbons (Fsp3) is 0.333. The van der Waals surface area contributed by atoms with Crippen LogP contribution in [0.25, 0.3) is 21.9 Å². The van der Waals surface area contributed by atoms with Crippen LogP contribution in [0.1, 0.15) is 0 Å². The lowest BCUT2D eigenvalue weighted by Crippen LogP contribution is -2.56. The van der Waals surface area contributed by atoms with E-state index in [1.165, 1.54) is 7.11 Å². The van der Waals surface area contributed by atoms with Gasteiger partial charge < -0.3 is 33.5 Å². The molecular formula is C24H24O7. The zero-order valence-corrected chi connectivity index (χ0v) is 17.3. The van der Waals surface area contributed by atoms with Gasteiger partial charge in [0.15, 0.2) is 11.5 Å². The summed E-state index contributed by atoms with van der Waals surface area (Å²) in [6, 6.07) is 17.8. The second kappa shape index (κ2) is 8.36. The third kappa shape index (κ3) is 3.59. The summed E-state index contributed by atoms with van der Waals surface area (Å²) in [5.41, 5.74) is 2.06. The normalized spacial score (nSPS) is 25.0. The minimum Gasteiger partial charge on any atom is -0.461 e. The van der Waals surface area contributed by atoms with Crippen LogP contribution in [0.4, 0.5) is 0 Å². The van der Waals surface area contributed by atoms with Gasteiger partial charge in [0.25, 0.3) is 0 Å². The Balaban J connectivity index is 1.48. The van der Waals surface area contributed by atoms with Crippen LogP contribution in [0.15, 0.2) is 54.6 Å². The number of rotatable bonds is 5. The van der Waals surface area contributed by atoms with Crippen molar-refractivity contribution >= 4 is 10.8 Å². The molecule has 1 N–H and O–H groups in total. The van der Waals surface area contributed by atoms with Crippen molar-refractivity contribution in [1.82, 2.24) is 0 Å². The Morgan fingerprint density at radius 3 is 2.52 bits per heavy atom. The summed E-state index contributed by atoms with van der Waals surface area (Å²) in [5.74, 6) is 2.10. The Morgan fingerprint density at radius 1 is 0.903 bits per heavy atom. The topological polar surface area (TPSA) is 75.6 Å². The lowest BCUT2D eigenvalue weighted by Gasteiger charge is -2.38. The lowest BCUT2D eigenvalue weighted by atomic mass is 9.97. The number of aliphatic hydroxyl groups is 1. The monoisotopic (exact) mass is 424 g/mol. The Bertz CT molecular complexity index is 1080. The van der Waals surface area contributed by atoms with Gasteiger partial charge in [0.05, 0.1) is 6.61 Å². The SMILES string of the molecule is COC1CO[C@@H](Oc2ccc(-c3ccc4c(c3)OCO4)c3ccccc23)C(O)C1OC. The first-order chi connectivity index (χ1) is 15.2. The fourth-order valence-electron chi connectivity index (χ4n) is 4.17. The highest BCUT2D eigenvalue weighted by Gasteiger charge is 2.41. The minimum absolute atomic E-state index is 0.239. The molecule has 7 heteroatoms. The molecule has 3 unspecified atom stereocenters. The highest BCUT2D eigenvalue weighted by Crippen LogP contribution is 2.40. The van der Waals surface area contributed by atoms with Crippen molar-refractivity contribution in [2.75, 3.05) is 27.6 Å². The summed E-state index contributed by atoms with van der Waals surface area (Å²) in [5, 5.41) is 12.6. The van der Waals surface area contributed by atoms with Gasteiger partial charge in [0.2, 0.25) is 13.1 Å². The molecular weight excluding hydrogens is 400 g/mol. The number of methoxy groups -OCH3 is 2. The van der Waals surface area contributed by atoms with E-state index in [2.05, 4.69) is 0 Å². The quantitative estimate of drug-likeness (QED) is 0.673. The molecule has 0 spiro atoms. The van der Waals surface area contributed by atoms with E-state index in [0.717, 1.165) is 33.4 Å². The standard InChI is InChI=1S/C24H24O7/c1-26-21-12-28-24(22(25)23(21)27-2)31-18-10-8-15(16-5-3-4-6-17(16)18)14-7-9-19-20(11-14)30-13-29-19/h3-11,21-25H,12-13H2,1-2H3/t21?,22?,23?,24-/m0/s1. The molecule has 1 saturated heterocycles. The Morgan fingerprint density at radius 2 is 1.71 bits per heavy atom. The average Bonchev–Trinajstić information content (AvgIpc) is 3.28. The molecule has 2 heterocycles. The van der Waals surface area contributed by atoms with E-state index >= 15 is 0 Å². The van der Waals surface area contributed by atoms with Crippen molar-refractivity contribution in [2.45, 2.75) is 24.6 Å². The van der Waals surface area contributed by atoms with Crippen molar-refractivity contribution in [1.29, 1.82) is 0 Å². The van der Waals surface area contributed by atoms with Crippen LogP contribution in [-0.2, 0) is 14.2 Å². The molecule has 0 bridgehead atoms. The summed E-state index contributed by atoms with van der Waals surface area (Å²) in [6.07, 6.45) is -2.75. The molecule has 4 atom stereocenters. The smallest absolute Gasteiger partial charge is 0.231 e. The van der Waals surface area contributed by atoms with Crippen LogP contribution in [0.2, 0.25) is 0 Å². The molecule has 0 saturated carbocycles. The molecule has 3 aromatic carbocycles. The van der Waals surface area contributed by atoms with Crippen LogP contribution in [0, 0.1) is 0 Å². The first kappa shape index (κ1) is 20.1. The van der Waals surface area contributed by atoms with Gasteiger partial charge in [-0.1, -0.05) is 36.4 Å². The average molecular weight is 424 g/mol. The number of hydrogen-bond acceptors (Lipinski definition) is 7. The summed E-state index contributed by atoms with van der Waals surface area (Å²) >= 11 is 0. The van der Waals surface area contributed by atoms with Gasteiger partial charge in [0.1, 0.15) is 24.1 Å². The highest BCUT2D eigenvalue weighted by molar-refractivity contribution is 6.00. The number of ether oxygens (including phenoxy) is 6.